The Morgan fingerprint density at radius 3 is 2.57 bits per heavy atom. The Morgan fingerprint density at radius 1 is 1.29 bits per heavy atom. The van der Waals surface area contributed by atoms with Crippen LogP contribution in [0.1, 0.15) is 36.8 Å². The van der Waals surface area contributed by atoms with Gasteiger partial charge in [0, 0.05) is 36.0 Å². The summed E-state index contributed by atoms with van der Waals surface area (Å²) >= 11 is 3.55. The topological polar surface area (TPSA) is 96.7 Å². The molecule has 1 aliphatic heterocycles. The molecule has 1 aromatic heterocycles. The minimum Gasteiger partial charge on any atom is -0.463 e. The van der Waals surface area contributed by atoms with Crippen LogP contribution in [0, 0.1) is 0 Å². The number of nitrogens with one attached hydrogen (secondary N) is 1. The molecule has 28 heavy (non-hydrogen) atoms. The third-order valence-corrected chi connectivity index (χ3v) is 5.42. The lowest BCUT2D eigenvalue weighted by atomic mass is 9.84. The zero-order valence-electron chi connectivity index (χ0n) is 16.3. The summed E-state index contributed by atoms with van der Waals surface area (Å²) in [5.74, 6) is -0.373. The number of hydrogen-bond acceptors (Lipinski definition) is 5. The molecule has 9 heteroatoms. The summed E-state index contributed by atoms with van der Waals surface area (Å²) in [7, 11) is 0. The van der Waals surface area contributed by atoms with Gasteiger partial charge in [0.05, 0.1) is 18.7 Å². The number of nitrogens with zero attached hydrogens (tertiary/aromatic N) is 3. The van der Waals surface area contributed by atoms with Crippen molar-refractivity contribution in [2.45, 2.75) is 26.2 Å². The van der Waals surface area contributed by atoms with E-state index in [0.29, 0.717) is 37.2 Å². The van der Waals surface area contributed by atoms with Crippen LogP contribution in [0.5, 0.6) is 0 Å². The Balaban J connectivity index is 1.93. The predicted molar refractivity (Wildman–Crippen MR) is 109 cm³/mol. The smallest absolute Gasteiger partial charge is 0.432 e. The quantitative estimate of drug-likeness (QED) is 0.739. The van der Waals surface area contributed by atoms with Crippen LogP contribution in [0.25, 0.3) is 10.9 Å². The lowest BCUT2D eigenvalue weighted by Gasteiger charge is -2.26. The molecule has 1 amide bonds. The van der Waals surface area contributed by atoms with Crippen LogP contribution in [-0.2, 0) is 10.2 Å². The average Bonchev–Trinajstić information content (AvgIpc) is 3.01. The van der Waals surface area contributed by atoms with E-state index in [0.717, 1.165) is 27.8 Å². The van der Waals surface area contributed by atoms with E-state index in [1.54, 1.807) is 12.1 Å². The first-order valence-electron chi connectivity index (χ1n) is 9.23. The maximum atomic E-state index is 12.9. The lowest BCUT2D eigenvalue weighted by Crippen LogP contribution is -2.41. The monoisotopic (exact) mass is 452 g/mol. The predicted octanol–water partition coefficient (Wildman–Crippen LogP) is 2.68. The zero-order chi connectivity index (χ0) is 20.5. The molecule has 0 spiro atoms. The molecule has 2 aromatic rings. The molecule has 0 unspecified atom stereocenters. The van der Waals surface area contributed by atoms with Crippen molar-refractivity contribution in [3.63, 3.8) is 0 Å². The summed E-state index contributed by atoms with van der Waals surface area (Å²) in [5, 5.41) is 17.1. The minimum atomic E-state index is -1.22. The number of rotatable bonds is 4. The molecule has 0 bridgehead atoms. The molecule has 0 atom stereocenters. The highest BCUT2D eigenvalue weighted by molar-refractivity contribution is 9.10. The van der Waals surface area contributed by atoms with E-state index in [9.17, 15) is 14.7 Å². The van der Waals surface area contributed by atoms with E-state index < -0.39 is 6.09 Å². The molecule has 0 saturated carbocycles. The number of hydrogen-bond donors (Lipinski definition) is 2. The first kappa shape index (κ1) is 20.8. The molecule has 1 saturated heterocycles. The van der Waals surface area contributed by atoms with Crippen molar-refractivity contribution < 1.29 is 19.4 Å². The van der Waals surface area contributed by atoms with Gasteiger partial charge in [-0.3, -0.25) is 9.69 Å². The molecule has 0 aliphatic carbocycles. The number of fused-ring (bicyclic) bond motifs is 1. The summed E-state index contributed by atoms with van der Waals surface area (Å²) in [6, 6.07) is 3.46. The van der Waals surface area contributed by atoms with E-state index >= 15 is 0 Å². The Labute approximate surface area is 172 Å². The fourth-order valence-electron chi connectivity index (χ4n) is 3.46. The van der Waals surface area contributed by atoms with Crippen molar-refractivity contribution in [3.8, 4) is 0 Å². The number of ether oxygens (including phenoxy) is 1. The molecule has 2 N–H and O–H groups in total. The Kier molecular flexibility index (Phi) is 6.07. The largest absolute Gasteiger partial charge is 0.463 e. The molecule has 0 radical (unpaired) electrons. The van der Waals surface area contributed by atoms with E-state index in [1.807, 2.05) is 20.8 Å². The highest BCUT2D eigenvalue weighted by Gasteiger charge is 2.29. The molecule has 2 heterocycles. The number of amides is 1. The molecule has 1 aliphatic rings. The van der Waals surface area contributed by atoms with Crippen molar-refractivity contribution in [3.05, 3.63) is 27.9 Å². The van der Waals surface area contributed by atoms with Crippen molar-refractivity contribution in [1.29, 1.82) is 0 Å². The van der Waals surface area contributed by atoms with Crippen LogP contribution in [0.2, 0.25) is 0 Å². The number of halogens is 1. The highest BCUT2D eigenvalue weighted by atomic mass is 79.9. The first-order valence-corrected chi connectivity index (χ1v) is 10.0. The number of carbonyl (C=O) groups is 2. The Bertz CT molecular complexity index is 897. The van der Waals surface area contributed by atoms with E-state index in [4.69, 9.17) is 4.74 Å². The summed E-state index contributed by atoms with van der Waals surface area (Å²) in [6.45, 7) is 10.3. The van der Waals surface area contributed by atoms with Crippen LogP contribution in [-0.4, -0.2) is 71.2 Å². The van der Waals surface area contributed by atoms with Gasteiger partial charge in [-0.05, 0) is 23.1 Å². The molecular formula is C19H25BrN4O4. The summed E-state index contributed by atoms with van der Waals surface area (Å²) < 4.78 is 7.01. The summed E-state index contributed by atoms with van der Waals surface area (Å²) in [4.78, 5) is 26.8. The molecular weight excluding hydrogens is 428 g/mol. The van der Waals surface area contributed by atoms with Gasteiger partial charge < -0.3 is 15.2 Å². The van der Waals surface area contributed by atoms with Crippen molar-refractivity contribution in [2.24, 2.45) is 0 Å². The maximum Gasteiger partial charge on any atom is 0.432 e. The normalized spacial score (nSPS) is 15.7. The molecule has 3 rings (SSSR count). The second kappa shape index (κ2) is 8.18. The average molecular weight is 453 g/mol. The zero-order valence-corrected chi connectivity index (χ0v) is 17.9. The summed E-state index contributed by atoms with van der Waals surface area (Å²) in [6.07, 6.45) is -1.22. The van der Waals surface area contributed by atoms with Gasteiger partial charge >= 0.3 is 6.09 Å². The van der Waals surface area contributed by atoms with Crippen LogP contribution < -0.4 is 5.32 Å². The third kappa shape index (κ3) is 4.21. The van der Waals surface area contributed by atoms with Gasteiger partial charge in [-0.25, -0.2) is 4.79 Å². The fraction of sp³-hybridized carbons (Fsp3) is 0.526. The van der Waals surface area contributed by atoms with Crippen LogP contribution in [0.15, 0.2) is 16.6 Å². The molecule has 152 valence electrons. The third-order valence-electron chi connectivity index (χ3n) is 4.76. The number of carboxylic acid groups (broad SMARTS) is 1. The number of morpholine rings is 1. The SMILES string of the molecule is CC(C)(C)c1c(Br)ccc2c1c(C(=O)NCCN1CCOCC1)nn2C(=O)O. The van der Waals surface area contributed by atoms with Crippen molar-refractivity contribution >= 4 is 38.8 Å². The maximum absolute atomic E-state index is 12.9. The van der Waals surface area contributed by atoms with Gasteiger partial charge in [-0.15, -0.1) is 0 Å². The Morgan fingerprint density at radius 2 is 1.96 bits per heavy atom. The van der Waals surface area contributed by atoms with E-state index in [2.05, 4.69) is 31.2 Å². The van der Waals surface area contributed by atoms with Gasteiger partial charge in [0.15, 0.2) is 5.69 Å². The fourth-order valence-corrected chi connectivity index (χ4v) is 4.39. The first-order chi connectivity index (χ1) is 13.2. The minimum absolute atomic E-state index is 0.130. The van der Waals surface area contributed by atoms with Crippen LogP contribution in [0.3, 0.4) is 0 Å². The van der Waals surface area contributed by atoms with Crippen LogP contribution >= 0.6 is 15.9 Å². The summed E-state index contributed by atoms with van der Waals surface area (Å²) in [5.41, 5.74) is 1.08. The van der Waals surface area contributed by atoms with Gasteiger partial charge in [0.2, 0.25) is 0 Å². The number of benzene rings is 1. The van der Waals surface area contributed by atoms with Crippen molar-refractivity contribution in [2.75, 3.05) is 39.4 Å². The molecule has 8 nitrogen and oxygen atoms in total. The van der Waals surface area contributed by atoms with Gasteiger partial charge in [-0.2, -0.15) is 9.78 Å². The standard InChI is InChI=1S/C19H25BrN4O4/c1-19(2,3)15-12(20)4-5-13-14(15)16(22-24(13)18(26)27)17(25)21-6-7-23-8-10-28-11-9-23/h4-5H,6-11H2,1-3H3,(H,21,25)(H,26,27). The molecule has 1 fully saturated rings. The van der Waals surface area contributed by atoms with Gasteiger partial charge in [0.1, 0.15) is 0 Å². The molecule has 1 aromatic carbocycles. The lowest BCUT2D eigenvalue weighted by molar-refractivity contribution is 0.0383. The number of carbonyl (C=O) groups excluding carboxylic acids is 1. The second-order valence-electron chi connectivity index (χ2n) is 7.82. The van der Waals surface area contributed by atoms with E-state index in [-0.39, 0.29) is 17.0 Å². The van der Waals surface area contributed by atoms with Crippen molar-refractivity contribution in [1.82, 2.24) is 20.0 Å². The second-order valence-corrected chi connectivity index (χ2v) is 8.67. The van der Waals surface area contributed by atoms with Gasteiger partial charge in [0.25, 0.3) is 5.91 Å². The Hall–Kier alpha value is -1.97. The van der Waals surface area contributed by atoms with Crippen LogP contribution in [0.4, 0.5) is 4.79 Å². The van der Waals surface area contributed by atoms with Gasteiger partial charge in [-0.1, -0.05) is 36.7 Å². The van der Waals surface area contributed by atoms with E-state index in [1.165, 1.54) is 0 Å². The highest BCUT2D eigenvalue weighted by Crippen LogP contribution is 2.37. The number of aromatic nitrogens is 2.